The quantitative estimate of drug-likeness (QED) is 0.427. The molecule has 19 heavy (non-hydrogen) atoms. The van der Waals surface area contributed by atoms with E-state index in [2.05, 4.69) is 34.7 Å². The number of halogens is 1. The molecule has 1 rings (SSSR count). The molecular formula is C15H30BrNO2. The van der Waals surface area contributed by atoms with Gasteiger partial charge in [-0.15, -0.1) is 0 Å². The van der Waals surface area contributed by atoms with Gasteiger partial charge in [0.25, 0.3) is 0 Å². The molecule has 1 saturated carbocycles. The Morgan fingerprint density at radius 1 is 1.00 bits per heavy atom. The van der Waals surface area contributed by atoms with Gasteiger partial charge in [0.15, 0.2) is 0 Å². The monoisotopic (exact) mass is 335 g/mol. The van der Waals surface area contributed by atoms with E-state index in [0.717, 1.165) is 44.8 Å². The highest BCUT2D eigenvalue weighted by molar-refractivity contribution is 9.09. The fraction of sp³-hybridized carbons (Fsp3) is 1.00. The summed E-state index contributed by atoms with van der Waals surface area (Å²) in [7, 11) is 0. The predicted molar refractivity (Wildman–Crippen MR) is 84.1 cm³/mol. The third kappa shape index (κ3) is 6.56. The molecular weight excluding hydrogens is 306 g/mol. The van der Waals surface area contributed by atoms with Gasteiger partial charge >= 0.3 is 0 Å². The maximum absolute atomic E-state index is 5.51. The lowest BCUT2D eigenvalue weighted by molar-refractivity contribution is 0.0641. The average Bonchev–Trinajstić information content (AvgIpc) is 2.88. The molecule has 4 heteroatoms. The summed E-state index contributed by atoms with van der Waals surface area (Å²) in [5.41, 5.74) is 0.485. The summed E-state index contributed by atoms with van der Waals surface area (Å²) < 4.78 is 11.0. The van der Waals surface area contributed by atoms with Crippen LogP contribution in [0.15, 0.2) is 0 Å². The highest BCUT2D eigenvalue weighted by Crippen LogP contribution is 2.40. The maximum Gasteiger partial charge on any atom is 0.0593 e. The third-order valence-corrected chi connectivity index (χ3v) is 5.21. The lowest BCUT2D eigenvalue weighted by atomic mass is 9.88. The van der Waals surface area contributed by atoms with Crippen LogP contribution in [-0.2, 0) is 9.47 Å². The molecule has 0 aromatic heterocycles. The Morgan fingerprint density at radius 3 is 1.95 bits per heavy atom. The molecule has 0 N–H and O–H groups in total. The van der Waals surface area contributed by atoms with Gasteiger partial charge in [-0.2, -0.15) is 0 Å². The molecule has 0 amide bonds. The molecule has 1 aliphatic carbocycles. The first-order chi connectivity index (χ1) is 9.26. The van der Waals surface area contributed by atoms with Crippen molar-refractivity contribution in [3.63, 3.8) is 0 Å². The van der Waals surface area contributed by atoms with Crippen molar-refractivity contribution in [1.82, 2.24) is 4.90 Å². The Hall–Kier alpha value is 0.360. The Morgan fingerprint density at radius 2 is 1.53 bits per heavy atom. The lowest BCUT2D eigenvalue weighted by Gasteiger charge is -2.34. The first-order valence-electron chi connectivity index (χ1n) is 7.70. The Bertz CT molecular complexity index is 210. The molecule has 0 saturated heterocycles. The van der Waals surface area contributed by atoms with Crippen LogP contribution >= 0.6 is 15.9 Å². The number of hydrogen-bond donors (Lipinski definition) is 0. The zero-order chi connectivity index (χ0) is 14.0. The van der Waals surface area contributed by atoms with Crippen molar-refractivity contribution in [3.8, 4) is 0 Å². The number of alkyl halides is 1. The molecule has 0 spiro atoms. The van der Waals surface area contributed by atoms with Gasteiger partial charge in [-0.25, -0.2) is 0 Å². The normalized spacial score (nSPS) is 18.3. The van der Waals surface area contributed by atoms with Crippen molar-refractivity contribution in [2.75, 3.05) is 51.4 Å². The largest absolute Gasteiger partial charge is 0.380 e. The van der Waals surface area contributed by atoms with Crippen LogP contribution < -0.4 is 0 Å². The third-order valence-electron chi connectivity index (χ3n) is 4.02. The molecule has 0 aromatic carbocycles. The van der Waals surface area contributed by atoms with E-state index < -0.39 is 0 Å². The van der Waals surface area contributed by atoms with Crippen molar-refractivity contribution in [3.05, 3.63) is 0 Å². The molecule has 3 nitrogen and oxygen atoms in total. The fourth-order valence-corrected chi connectivity index (χ4v) is 3.62. The van der Waals surface area contributed by atoms with Crippen molar-refractivity contribution in [2.24, 2.45) is 5.41 Å². The Kier molecular flexibility index (Phi) is 9.29. The van der Waals surface area contributed by atoms with Crippen LogP contribution in [0.25, 0.3) is 0 Å². The van der Waals surface area contributed by atoms with Crippen LogP contribution in [0.3, 0.4) is 0 Å². The molecule has 114 valence electrons. The number of hydrogen-bond acceptors (Lipinski definition) is 3. The Balaban J connectivity index is 2.41. The minimum atomic E-state index is 0.485. The smallest absolute Gasteiger partial charge is 0.0593 e. The summed E-state index contributed by atoms with van der Waals surface area (Å²) >= 11 is 3.74. The van der Waals surface area contributed by atoms with Crippen LogP contribution in [-0.4, -0.2) is 56.3 Å². The molecule has 0 aromatic rings. The lowest BCUT2D eigenvalue weighted by Crippen LogP contribution is -2.41. The SMILES string of the molecule is CCOCCN(CCOCC)CC1(CBr)CCCC1. The standard InChI is InChI=1S/C15H30BrNO2/c1-3-18-11-9-17(10-12-19-4-2)14-15(13-16)7-5-6-8-15/h3-14H2,1-2H3. The van der Waals surface area contributed by atoms with Gasteiger partial charge in [-0.3, -0.25) is 4.90 Å². The second-order valence-corrected chi connectivity index (χ2v) is 6.07. The van der Waals surface area contributed by atoms with Crippen LogP contribution in [0.1, 0.15) is 39.5 Å². The van der Waals surface area contributed by atoms with Gasteiger partial charge in [0.2, 0.25) is 0 Å². The highest BCUT2D eigenvalue weighted by Gasteiger charge is 2.34. The predicted octanol–water partition coefficient (Wildman–Crippen LogP) is 3.32. The van der Waals surface area contributed by atoms with Crippen LogP contribution in [0.5, 0.6) is 0 Å². The van der Waals surface area contributed by atoms with Crippen LogP contribution in [0, 0.1) is 5.41 Å². The molecule has 1 fully saturated rings. The van der Waals surface area contributed by atoms with Gasteiger partial charge in [-0.1, -0.05) is 28.8 Å². The average molecular weight is 336 g/mol. The molecule has 0 radical (unpaired) electrons. The van der Waals surface area contributed by atoms with Gasteiger partial charge in [0.1, 0.15) is 0 Å². The summed E-state index contributed by atoms with van der Waals surface area (Å²) in [6, 6.07) is 0. The number of ether oxygens (including phenoxy) is 2. The number of nitrogens with zero attached hydrogens (tertiary/aromatic N) is 1. The second-order valence-electron chi connectivity index (χ2n) is 5.51. The minimum absolute atomic E-state index is 0.485. The second kappa shape index (κ2) is 10.1. The number of rotatable bonds is 11. The fourth-order valence-electron chi connectivity index (χ4n) is 2.88. The summed E-state index contributed by atoms with van der Waals surface area (Å²) in [5, 5.41) is 1.12. The van der Waals surface area contributed by atoms with E-state index in [4.69, 9.17) is 9.47 Å². The van der Waals surface area contributed by atoms with Gasteiger partial charge in [0, 0.05) is 38.2 Å². The zero-order valence-electron chi connectivity index (χ0n) is 12.6. The molecule has 0 aliphatic heterocycles. The van der Waals surface area contributed by atoms with E-state index in [9.17, 15) is 0 Å². The van der Waals surface area contributed by atoms with E-state index >= 15 is 0 Å². The summed E-state index contributed by atoms with van der Waals surface area (Å²) in [5.74, 6) is 0. The van der Waals surface area contributed by atoms with E-state index in [1.807, 2.05) is 0 Å². The van der Waals surface area contributed by atoms with Crippen molar-refractivity contribution >= 4 is 15.9 Å². The van der Waals surface area contributed by atoms with E-state index in [0.29, 0.717) is 5.41 Å². The maximum atomic E-state index is 5.51. The summed E-state index contributed by atoms with van der Waals surface area (Å²) in [6.45, 7) is 10.6. The topological polar surface area (TPSA) is 21.7 Å². The van der Waals surface area contributed by atoms with Crippen LogP contribution in [0.4, 0.5) is 0 Å². The Labute approximate surface area is 127 Å². The van der Waals surface area contributed by atoms with Crippen LogP contribution in [0.2, 0.25) is 0 Å². The van der Waals surface area contributed by atoms with E-state index in [1.165, 1.54) is 32.2 Å². The van der Waals surface area contributed by atoms with E-state index in [1.54, 1.807) is 0 Å². The molecule has 0 bridgehead atoms. The summed E-state index contributed by atoms with van der Waals surface area (Å²) in [4.78, 5) is 2.53. The van der Waals surface area contributed by atoms with Crippen molar-refractivity contribution in [1.29, 1.82) is 0 Å². The van der Waals surface area contributed by atoms with Crippen molar-refractivity contribution < 1.29 is 9.47 Å². The highest BCUT2D eigenvalue weighted by atomic mass is 79.9. The first kappa shape index (κ1) is 17.4. The molecule has 0 heterocycles. The van der Waals surface area contributed by atoms with E-state index in [-0.39, 0.29) is 0 Å². The molecule has 0 atom stereocenters. The first-order valence-corrected chi connectivity index (χ1v) is 8.82. The molecule has 0 unspecified atom stereocenters. The van der Waals surface area contributed by atoms with Gasteiger partial charge in [-0.05, 0) is 32.1 Å². The van der Waals surface area contributed by atoms with Gasteiger partial charge in [0.05, 0.1) is 13.2 Å². The molecule has 1 aliphatic rings. The van der Waals surface area contributed by atoms with Gasteiger partial charge < -0.3 is 9.47 Å². The zero-order valence-corrected chi connectivity index (χ0v) is 14.2. The summed E-state index contributed by atoms with van der Waals surface area (Å²) in [6.07, 6.45) is 5.49. The minimum Gasteiger partial charge on any atom is -0.380 e. The van der Waals surface area contributed by atoms with Crippen molar-refractivity contribution in [2.45, 2.75) is 39.5 Å².